The van der Waals surface area contributed by atoms with E-state index in [9.17, 15) is 0 Å². The highest BCUT2D eigenvalue weighted by molar-refractivity contribution is 8.00. The SMILES string of the molecule is COc1ccc(SNc2nsc(-c3ccc(Cl)cc3)n2)cc1OC. The summed E-state index contributed by atoms with van der Waals surface area (Å²) in [6.45, 7) is 0. The molecule has 0 bridgehead atoms. The largest absolute Gasteiger partial charge is 0.493 e. The quantitative estimate of drug-likeness (QED) is 0.608. The zero-order valence-corrected chi connectivity index (χ0v) is 15.3. The van der Waals surface area contributed by atoms with Gasteiger partial charge in [-0.3, -0.25) is 4.72 Å². The number of nitrogens with one attached hydrogen (secondary N) is 1. The molecule has 0 saturated heterocycles. The lowest BCUT2D eigenvalue weighted by Crippen LogP contribution is -1.92. The van der Waals surface area contributed by atoms with E-state index in [2.05, 4.69) is 14.1 Å². The van der Waals surface area contributed by atoms with Crippen LogP contribution in [0.15, 0.2) is 47.4 Å². The van der Waals surface area contributed by atoms with Gasteiger partial charge >= 0.3 is 0 Å². The van der Waals surface area contributed by atoms with Crippen LogP contribution >= 0.6 is 35.1 Å². The van der Waals surface area contributed by atoms with E-state index < -0.39 is 0 Å². The minimum Gasteiger partial charge on any atom is -0.493 e. The number of methoxy groups -OCH3 is 2. The van der Waals surface area contributed by atoms with E-state index in [1.165, 1.54) is 23.5 Å². The molecule has 0 aliphatic carbocycles. The summed E-state index contributed by atoms with van der Waals surface area (Å²) in [5, 5.41) is 1.53. The maximum Gasteiger partial charge on any atom is 0.245 e. The van der Waals surface area contributed by atoms with Gasteiger partial charge in [0.1, 0.15) is 5.01 Å². The fourth-order valence-corrected chi connectivity index (χ4v) is 3.37. The number of halogens is 1. The molecule has 0 unspecified atom stereocenters. The molecular weight excluding hydrogens is 366 g/mol. The molecule has 0 fully saturated rings. The Kier molecular flexibility index (Phi) is 5.44. The van der Waals surface area contributed by atoms with Crippen LogP contribution in [-0.4, -0.2) is 23.6 Å². The van der Waals surface area contributed by atoms with Crippen molar-refractivity contribution in [3.8, 4) is 22.1 Å². The van der Waals surface area contributed by atoms with Gasteiger partial charge in [0, 0.05) is 15.5 Å². The topological polar surface area (TPSA) is 56.3 Å². The molecule has 1 aromatic heterocycles. The first-order valence-corrected chi connectivity index (χ1v) is 8.91. The number of aromatic nitrogens is 2. The molecule has 8 heteroatoms. The Balaban J connectivity index is 1.68. The molecule has 0 aliphatic heterocycles. The molecule has 124 valence electrons. The Morgan fingerprint density at radius 2 is 1.79 bits per heavy atom. The van der Waals surface area contributed by atoms with E-state index in [0.717, 1.165) is 15.5 Å². The smallest absolute Gasteiger partial charge is 0.245 e. The highest BCUT2D eigenvalue weighted by Gasteiger charge is 2.08. The second-order valence-corrected chi connectivity index (χ2v) is 6.72. The first kappa shape index (κ1) is 16.9. The van der Waals surface area contributed by atoms with Crippen LogP contribution in [0, 0.1) is 0 Å². The number of hydrogen-bond donors (Lipinski definition) is 1. The van der Waals surface area contributed by atoms with Gasteiger partial charge in [-0.1, -0.05) is 23.7 Å². The van der Waals surface area contributed by atoms with Crippen LogP contribution in [0.25, 0.3) is 10.6 Å². The summed E-state index contributed by atoms with van der Waals surface area (Å²) in [5.41, 5.74) is 0.987. The highest BCUT2D eigenvalue weighted by Crippen LogP contribution is 2.32. The fourth-order valence-electron chi connectivity index (χ4n) is 1.96. The first-order chi connectivity index (χ1) is 11.7. The average molecular weight is 380 g/mol. The van der Waals surface area contributed by atoms with Crippen LogP contribution in [-0.2, 0) is 0 Å². The third kappa shape index (κ3) is 3.92. The normalized spacial score (nSPS) is 10.5. The van der Waals surface area contributed by atoms with Gasteiger partial charge in [-0.05, 0) is 53.8 Å². The lowest BCUT2D eigenvalue weighted by molar-refractivity contribution is 0.354. The van der Waals surface area contributed by atoms with E-state index in [-0.39, 0.29) is 0 Å². The van der Waals surface area contributed by atoms with Gasteiger partial charge in [-0.15, -0.1) is 0 Å². The number of hydrogen-bond acceptors (Lipinski definition) is 7. The van der Waals surface area contributed by atoms with Crippen molar-refractivity contribution in [2.24, 2.45) is 0 Å². The molecule has 0 atom stereocenters. The highest BCUT2D eigenvalue weighted by atomic mass is 35.5. The molecule has 0 radical (unpaired) electrons. The molecule has 0 spiro atoms. The van der Waals surface area contributed by atoms with Crippen molar-refractivity contribution in [3.05, 3.63) is 47.5 Å². The number of rotatable bonds is 6. The predicted molar refractivity (Wildman–Crippen MR) is 99.4 cm³/mol. The standard InChI is InChI=1S/C16H14ClN3O2S2/c1-21-13-8-7-12(9-14(13)22-2)23-19-16-18-15(24-20-16)10-3-5-11(17)6-4-10/h3-9H,1-2H3,(H,19,20). The predicted octanol–water partition coefficient (Wildman–Crippen LogP) is 4.99. The summed E-state index contributed by atoms with van der Waals surface area (Å²) >= 11 is 8.64. The molecule has 0 amide bonds. The molecule has 3 rings (SSSR count). The zero-order valence-electron chi connectivity index (χ0n) is 12.9. The lowest BCUT2D eigenvalue weighted by atomic mass is 10.2. The van der Waals surface area contributed by atoms with Crippen molar-refractivity contribution in [1.82, 2.24) is 9.36 Å². The molecule has 1 heterocycles. The maximum atomic E-state index is 5.90. The van der Waals surface area contributed by atoms with E-state index >= 15 is 0 Å². The van der Waals surface area contributed by atoms with Gasteiger partial charge < -0.3 is 9.47 Å². The van der Waals surface area contributed by atoms with Gasteiger partial charge in [0.15, 0.2) is 11.5 Å². The average Bonchev–Trinajstić information content (AvgIpc) is 3.09. The minimum atomic E-state index is 0.560. The van der Waals surface area contributed by atoms with Crippen LogP contribution in [0.5, 0.6) is 11.5 Å². The van der Waals surface area contributed by atoms with Crippen LogP contribution in [0.1, 0.15) is 0 Å². The third-order valence-electron chi connectivity index (χ3n) is 3.13. The lowest BCUT2D eigenvalue weighted by Gasteiger charge is -2.09. The van der Waals surface area contributed by atoms with Crippen molar-refractivity contribution < 1.29 is 9.47 Å². The molecule has 2 aromatic carbocycles. The van der Waals surface area contributed by atoms with Crippen molar-refractivity contribution in [2.75, 3.05) is 18.9 Å². The van der Waals surface area contributed by atoms with Gasteiger partial charge in [0.25, 0.3) is 0 Å². The van der Waals surface area contributed by atoms with Crippen LogP contribution in [0.3, 0.4) is 0 Å². The van der Waals surface area contributed by atoms with E-state index in [1.54, 1.807) is 14.2 Å². The number of ether oxygens (including phenoxy) is 2. The number of benzene rings is 2. The Hall–Kier alpha value is -1.96. The van der Waals surface area contributed by atoms with Gasteiger partial charge in [-0.2, -0.15) is 9.36 Å². The monoisotopic (exact) mass is 379 g/mol. The summed E-state index contributed by atoms with van der Waals surface area (Å²) < 4.78 is 18.0. The molecule has 0 saturated carbocycles. The van der Waals surface area contributed by atoms with E-state index in [1.807, 2.05) is 42.5 Å². The van der Waals surface area contributed by atoms with Gasteiger partial charge in [-0.25, -0.2) is 0 Å². The molecule has 3 aromatic rings. The van der Waals surface area contributed by atoms with Crippen molar-refractivity contribution >= 4 is 41.0 Å². The first-order valence-electron chi connectivity index (χ1n) is 6.94. The summed E-state index contributed by atoms with van der Waals surface area (Å²) in [6, 6.07) is 13.2. The molecule has 24 heavy (non-hydrogen) atoms. The third-order valence-corrected chi connectivity index (χ3v) is 4.92. The van der Waals surface area contributed by atoms with Crippen LogP contribution in [0.4, 0.5) is 5.95 Å². The molecule has 5 nitrogen and oxygen atoms in total. The molecule has 1 N–H and O–H groups in total. The van der Waals surface area contributed by atoms with Crippen LogP contribution < -0.4 is 14.2 Å². The summed E-state index contributed by atoms with van der Waals surface area (Å²) in [7, 11) is 3.22. The molecular formula is C16H14ClN3O2S2. The van der Waals surface area contributed by atoms with Crippen molar-refractivity contribution in [1.29, 1.82) is 0 Å². The Bertz CT molecular complexity index is 824. The van der Waals surface area contributed by atoms with E-state index in [0.29, 0.717) is 22.5 Å². The second kappa shape index (κ2) is 7.74. The second-order valence-electron chi connectivity index (χ2n) is 4.65. The molecule has 0 aliphatic rings. The van der Waals surface area contributed by atoms with Crippen LogP contribution in [0.2, 0.25) is 5.02 Å². The number of nitrogens with zero attached hydrogens (tertiary/aromatic N) is 2. The maximum absolute atomic E-state index is 5.90. The summed E-state index contributed by atoms with van der Waals surface area (Å²) in [4.78, 5) is 5.45. The fraction of sp³-hybridized carbons (Fsp3) is 0.125. The Morgan fingerprint density at radius 3 is 2.50 bits per heavy atom. The van der Waals surface area contributed by atoms with E-state index in [4.69, 9.17) is 21.1 Å². The minimum absolute atomic E-state index is 0.560. The zero-order chi connectivity index (χ0) is 16.9. The van der Waals surface area contributed by atoms with Crippen molar-refractivity contribution in [2.45, 2.75) is 4.90 Å². The Labute approximate surface area is 153 Å². The summed E-state index contributed by atoms with van der Waals surface area (Å²) in [6.07, 6.45) is 0. The van der Waals surface area contributed by atoms with Crippen molar-refractivity contribution in [3.63, 3.8) is 0 Å². The van der Waals surface area contributed by atoms with Gasteiger partial charge in [0.2, 0.25) is 5.95 Å². The Morgan fingerprint density at radius 1 is 1.04 bits per heavy atom. The number of anilines is 1. The summed E-state index contributed by atoms with van der Waals surface area (Å²) in [5.74, 6) is 1.93. The van der Waals surface area contributed by atoms with Gasteiger partial charge in [0.05, 0.1) is 14.2 Å².